The zero-order valence-corrected chi connectivity index (χ0v) is 18.6. The van der Waals surface area contributed by atoms with E-state index in [1.807, 2.05) is 49.4 Å². The number of carboxylic acid groups (broad SMARTS) is 1. The summed E-state index contributed by atoms with van der Waals surface area (Å²) >= 11 is 6.56. The molecule has 0 spiro atoms. The molecular weight excluding hydrogens is 420 g/mol. The van der Waals surface area contributed by atoms with Crippen LogP contribution >= 0.6 is 24.0 Å². The molecule has 0 unspecified atom stereocenters. The van der Waals surface area contributed by atoms with Crippen molar-refractivity contribution < 1.29 is 19.5 Å². The molecule has 2 N–H and O–H groups in total. The van der Waals surface area contributed by atoms with Gasteiger partial charge in [-0.1, -0.05) is 66.8 Å². The number of rotatable bonds is 11. The van der Waals surface area contributed by atoms with Crippen LogP contribution in [0.25, 0.3) is 6.08 Å². The molecule has 0 radical (unpaired) electrons. The molecule has 1 aromatic rings. The molecule has 0 aliphatic carbocycles. The lowest BCUT2D eigenvalue weighted by molar-refractivity contribution is -0.137. The molecule has 0 saturated carbocycles. The fraction of sp³-hybridized carbons (Fsp3) is 0.364. The van der Waals surface area contributed by atoms with Crippen LogP contribution in [0.3, 0.4) is 0 Å². The summed E-state index contributed by atoms with van der Waals surface area (Å²) in [5.41, 5.74) is 2.00. The predicted octanol–water partition coefficient (Wildman–Crippen LogP) is 3.99. The minimum atomic E-state index is -0.803. The van der Waals surface area contributed by atoms with Gasteiger partial charge in [-0.25, -0.2) is 0 Å². The Bertz CT molecular complexity index is 850. The normalized spacial score (nSPS) is 15.7. The van der Waals surface area contributed by atoms with E-state index in [9.17, 15) is 14.4 Å². The second kappa shape index (κ2) is 12.3. The average Bonchev–Trinajstić information content (AvgIpc) is 2.96. The van der Waals surface area contributed by atoms with Crippen molar-refractivity contribution in [2.24, 2.45) is 0 Å². The SMILES string of the molecule is CC(=Cc1ccccc1)C=C1SC(=S)N(CCC(=O)NCCCCCC(=O)O)C1=O. The average molecular weight is 447 g/mol. The number of nitrogens with zero attached hydrogens (tertiary/aromatic N) is 1. The van der Waals surface area contributed by atoms with E-state index < -0.39 is 5.97 Å². The number of unbranched alkanes of at least 4 members (excludes halogenated alkanes) is 2. The van der Waals surface area contributed by atoms with E-state index in [0.717, 1.165) is 24.0 Å². The first kappa shape index (κ1) is 23.8. The number of carbonyl (C=O) groups is 3. The molecule has 0 aromatic heterocycles. The lowest BCUT2D eigenvalue weighted by Gasteiger charge is -2.14. The molecular formula is C22H26N2O4S2. The smallest absolute Gasteiger partial charge is 0.303 e. The van der Waals surface area contributed by atoms with Crippen LogP contribution in [-0.2, 0) is 14.4 Å². The van der Waals surface area contributed by atoms with Gasteiger partial charge in [-0.2, -0.15) is 0 Å². The maximum absolute atomic E-state index is 12.6. The van der Waals surface area contributed by atoms with Crippen LogP contribution in [-0.4, -0.2) is 45.2 Å². The van der Waals surface area contributed by atoms with E-state index in [1.165, 1.54) is 16.7 Å². The number of thioether (sulfide) groups is 1. The van der Waals surface area contributed by atoms with Crippen molar-refractivity contribution in [3.63, 3.8) is 0 Å². The molecule has 1 heterocycles. The highest BCUT2D eigenvalue weighted by Crippen LogP contribution is 2.32. The monoisotopic (exact) mass is 446 g/mol. The minimum absolute atomic E-state index is 0.147. The van der Waals surface area contributed by atoms with Gasteiger partial charge >= 0.3 is 5.97 Å². The van der Waals surface area contributed by atoms with Gasteiger partial charge in [0.05, 0.1) is 4.91 Å². The summed E-state index contributed by atoms with van der Waals surface area (Å²) in [4.78, 5) is 37.1. The van der Waals surface area contributed by atoms with Gasteiger partial charge in [-0.05, 0) is 37.0 Å². The number of carboxylic acids is 1. The highest BCUT2D eigenvalue weighted by molar-refractivity contribution is 8.26. The number of carbonyl (C=O) groups excluding carboxylic acids is 2. The Morgan fingerprint density at radius 1 is 1.17 bits per heavy atom. The van der Waals surface area contributed by atoms with Gasteiger partial charge in [0, 0.05) is 25.9 Å². The fourth-order valence-corrected chi connectivity index (χ4v) is 4.22. The van der Waals surface area contributed by atoms with Crippen molar-refractivity contribution in [1.82, 2.24) is 10.2 Å². The lowest BCUT2D eigenvalue weighted by Crippen LogP contribution is -2.33. The lowest BCUT2D eigenvalue weighted by atomic mass is 10.1. The zero-order chi connectivity index (χ0) is 21.9. The van der Waals surface area contributed by atoms with Crippen LogP contribution in [0.1, 0.15) is 44.6 Å². The van der Waals surface area contributed by atoms with Crippen LogP contribution in [0.2, 0.25) is 0 Å². The van der Waals surface area contributed by atoms with Crippen molar-refractivity contribution in [3.8, 4) is 0 Å². The number of thiocarbonyl (C=S) groups is 1. The number of hydrogen-bond acceptors (Lipinski definition) is 5. The van der Waals surface area contributed by atoms with Crippen molar-refractivity contribution in [1.29, 1.82) is 0 Å². The van der Waals surface area contributed by atoms with Crippen LogP contribution < -0.4 is 5.32 Å². The first-order valence-corrected chi connectivity index (χ1v) is 11.1. The number of hydrogen-bond donors (Lipinski definition) is 2. The second-order valence-electron chi connectivity index (χ2n) is 6.94. The van der Waals surface area contributed by atoms with Gasteiger partial charge in [0.1, 0.15) is 4.32 Å². The van der Waals surface area contributed by atoms with Crippen LogP contribution in [0.4, 0.5) is 0 Å². The summed E-state index contributed by atoms with van der Waals surface area (Å²) in [7, 11) is 0. The van der Waals surface area contributed by atoms with E-state index in [2.05, 4.69) is 5.32 Å². The number of amides is 2. The Balaban J connectivity index is 1.78. The number of aliphatic carboxylic acids is 1. The summed E-state index contributed by atoms with van der Waals surface area (Å²) < 4.78 is 0.459. The van der Waals surface area contributed by atoms with Crippen molar-refractivity contribution in [2.75, 3.05) is 13.1 Å². The van der Waals surface area contributed by atoms with E-state index >= 15 is 0 Å². The molecule has 8 heteroatoms. The van der Waals surface area contributed by atoms with Crippen LogP contribution in [0.15, 0.2) is 46.9 Å². The largest absolute Gasteiger partial charge is 0.481 e. The highest BCUT2D eigenvalue weighted by atomic mass is 32.2. The summed E-state index contributed by atoms with van der Waals surface area (Å²) in [6.07, 6.45) is 6.23. The highest BCUT2D eigenvalue weighted by Gasteiger charge is 2.31. The number of nitrogens with one attached hydrogen (secondary N) is 1. The predicted molar refractivity (Wildman–Crippen MR) is 124 cm³/mol. The molecule has 1 aliphatic rings. The van der Waals surface area contributed by atoms with Crippen molar-refractivity contribution in [3.05, 3.63) is 52.4 Å². The van der Waals surface area contributed by atoms with Gasteiger partial charge in [-0.15, -0.1) is 0 Å². The summed E-state index contributed by atoms with van der Waals surface area (Å²) in [6, 6.07) is 9.85. The molecule has 1 aliphatic heterocycles. The number of allylic oxidation sites excluding steroid dienone is 2. The Morgan fingerprint density at radius 2 is 1.90 bits per heavy atom. The minimum Gasteiger partial charge on any atom is -0.481 e. The van der Waals surface area contributed by atoms with Crippen LogP contribution in [0.5, 0.6) is 0 Å². The Morgan fingerprint density at radius 3 is 2.60 bits per heavy atom. The van der Waals surface area contributed by atoms with E-state index in [1.54, 1.807) is 0 Å². The van der Waals surface area contributed by atoms with E-state index in [0.29, 0.717) is 22.2 Å². The molecule has 2 rings (SSSR count). The maximum Gasteiger partial charge on any atom is 0.303 e. The summed E-state index contributed by atoms with van der Waals surface area (Å²) in [6.45, 7) is 2.68. The standard InChI is InChI=1S/C22H26N2O4S2/c1-16(14-17-8-4-2-5-9-17)15-18-21(28)24(22(29)30-18)13-11-19(25)23-12-7-3-6-10-20(26)27/h2,4-5,8-9,14-15H,3,6-7,10-13H2,1H3,(H,23,25)(H,26,27). The Hall–Kier alpha value is -2.45. The van der Waals surface area contributed by atoms with Crippen molar-refractivity contribution in [2.45, 2.75) is 39.0 Å². The van der Waals surface area contributed by atoms with Crippen LogP contribution in [0, 0.1) is 0 Å². The molecule has 6 nitrogen and oxygen atoms in total. The first-order valence-electron chi connectivity index (χ1n) is 9.84. The van der Waals surface area contributed by atoms with Gasteiger partial charge in [0.2, 0.25) is 5.91 Å². The Kier molecular flexibility index (Phi) is 9.76. The van der Waals surface area contributed by atoms with E-state index in [4.69, 9.17) is 17.3 Å². The van der Waals surface area contributed by atoms with Gasteiger partial charge in [0.15, 0.2) is 0 Å². The van der Waals surface area contributed by atoms with Gasteiger partial charge in [-0.3, -0.25) is 19.3 Å². The summed E-state index contributed by atoms with van der Waals surface area (Å²) in [5, 5.41) is 11.4. The van der Waals surface area contributed by atoms with Gasteiger partial charge in [0.25, 0.3) is 5.91 Å². The third-order valence-electron chi connectivity index (χ3n) is 4.38. The third kappa shape index (κ3) is 8.12. The van der Waals surface area contributed by atoms with Gasteiger partial charge < -0.3 is 10.4 Å². The maximum atomic E-state index is 12.6. The zero-order valence-electron chi connectivity index (χ0n) is 16.9. The molecule has 2 amide bonds. The quantitative estimate of drug-likeness (QED) is 0.304. The molecule has 0 bridgehead atoms. The van der Waals surface area contributed by atoms with Crippen molar-refractivity contribution >= 4 is 52.2 Å². The molecule has 1 aromatic carbocycles. The number of benzene rings is 1. The molecule has 1 fully saturated rings. The summed E-state index contributed by atoms with van der Waals surface area (Å²) in [5.74, 6) is -1.12. The molecule has 30 heavy (non-hydrogen) atoms. The third-order valence-corrected chi connectivity index (χ3v) is 5.76. The molecule has 0 atom stereocenters. The Labute approximate surface area is 186 Å². The topological polar surface area (TPSA) is 86.7 Å². The fourth-order valence-electron chi connectivity index (χ4n) is 2.86. The van der Waals surface area contributed by atoms with E-state index in [-0.39, 0.29) is 31.2 Å². The molecule has 1 saturated heterocycles. The second-order valence-corrected chi connectivity index (χ2v) is 8.61. The molecule has 160 valence electrons. The first-order chi connectivity index (χ1) is 14.4.